The molecule has 0 aliphatic carbocycles. The molecule has 8 nitrogen and oxygen atoms in total. The van der Waals surface area contributed by atoms with E-state index in [1.54, 1.807) is 0 Å². The van der Waals surface area contributed by atoms with Gasteiger partial charge in [0, 0.05) is 64.1 Å². The number of ether oxygens (including phenoxy) is 3. The van der Waals surface area contributed by atoms with Crippen molar-refractivity contribution in [1.29, 1.82) is 0 Å². The third kappa shape index (κ3) is 4.82. The van der Waals surface area contributed by atoms with E-state index < -0.39 is 0 Å². The first-order valence-electron chi connectivity index (χ1n) is 9.76. The molecule has 4 rings (SSSR count). The molecule has 0 atom stereocenters. The molecule has 3 aliphatic rings. The highest BCUT2D eigenvalue weighted by Crippen LogP contribution is 2.32. The number of anilines is 1. The van der Waals surface area contributed by atoms with Gasteiger partial charge in [0.15, 0.2) is 11.5 Å². The summed E-state index contributed by atoms with van der Waals surface area (Å²) in [6.07, 6.45) is 0. The summed E-state index contributed by atoms with van der Waals surface area (Å²) in [5, 5.41) is 2.97. The quantitative estimate of drug-likeness (QED) is 0.844. The standard InChI is InChI=1S/C19H28N4O4/c24-19(20-16-1-2-17-18(15-16)27-14-13-26-17)23-7-5-21(6-8-23)3-4-22-9-11-25-12-10-22/h1-2,15H,3-14H2,(H,20,24). The van der Waals surface area contributed by atoms with Gasteiger partial charge in [0.1, 0.15) is 13.2 Å². The van der Waals surface area contributed by atoms with E-state index in [1.807, 2.05) is 23.1 Å². The monoisotopic (exact) mass is 376 g/mol. The molecule has 8 heteroatoms. The zero-order valence-electron chi connectivity index (χ0n) is 15.7. The number of urea groups is 1. The molecule has 0 unspecified atom stereocenters. The molecule has 3 heterocycles. The fraction of sp³-hybridized carbons (Fsp3) is 0.632. The number of carbonyl (C=O) groups is 1. The SMILES string of the molecule is O=C(Nc1ccc2c(c1)OCCO2)N1CCN(CCN2CCOCC2)CC1. The van der Waals surface area contributed by atoms with Crippen LogP contribution in [0.2, 0.25) is 0 Å². The summed E-state index contributed by atoms with van der Waals surface area (Å²) in [6, 6.07) is 5.46. The Morgan fingerprint density at radius 2 is 1.52 bits per heavy atom. The second-order valence-corrected chi connectivity index (χ2v) is 7.07. The molecule has 0 bridgehead atoms. The molecular weight excluding hydrogens is 348 g/mol. The van der Waals surface area contributed by atoms with Crippen LogP contribution in [0, 0.1) is 0 Å². The first-order chi connectivity index (χ1) is 13.3. The van der Waals surface area contributed by atoms with Crippen LogP contribution >= 0.6 is 0 Å². The average Bonchev–Trinajstić information content (AvgIpc) is 2.73. The number of rotatable bonds is 4. The van der Waals surface area contributed by atoms with Gasteiger partial charge >= 0.3 is 6.03 Å². The molecular formula is C19H28N4O4. The third-order valence-corrected chi connectivity index (χ3v) is 5.29. The van der Waals surface area contributed by atoms with Crippen molar-refractivity contribution in [3.8, 4) is 11.5 Å². The zero-order valence-corrected chi connectivity index (χ0v) is 15.7. The fourth-order valence-corrected chi connectivity index (χ4v) is 3.61. The number of carbonyl (C=O) groups excluding carboxylic acids is 1. The summed E-state index contributed by atoms with van der Waals surface area (Å²) in [6.45, 7) is 10.3. The second-order valence-electron chi connectivity index (χ2n) is 7.07. The number of nitrogens with one attached hydrogen (secondary N) is 1. The summed E-state index contributed by atoms with van der Waals surface area (Å²) in [5.41, 5.74) is 0.735. The topological polar surface area (TPSA) is 66.5 Å². The molecule has 27 heavy (non-hydrogen) atoms. The number of fused-ring (bicyclic) bond motifs is 1. The minimum Gasteiger partial charge on any atom is -0.486 e. The van der Waals surface area contributed by atoms with Gasteiger partial charge in [-0.3, -0.25) is 9.80 Å². The number of amides is 2. The Hall–Kier alpha value is -2.03. The predicted molar refractivity (Wildman–Crippen MR) is 102 cm³/mol. The van der Waals surface area contributed by atoms with Gasteiger partial charge in [0.05, 0.1) is 13.2 Å². The number of piperazine rings is 1. The van der Waals surface area contributed by atoms with Crippen LogP contribution in [-0.2, 0) is 4.74 Å². The molecule has 0 radical (unpaired) electrons. The van der Waals surface area contributed by atoms with E-state index in [9.17, 15) is 4.79 Å². The fourth-order valence-electron chi connectivity index (χ4n) is 3.61. The minimum atomic E-state index is -0.0560. The number of hydrogen-bond acceptors (Lipinski definition) is 6. The van der Waals surface area contributed by atoms with Crippen LogP contribution in [0.1, 0.15) is 0 Å². The number of morpholine rings is 1. The van der Waals surface area contributed by atoms with Gasteiger partial charge < -0.3 is 24.4 Å². The van der Waals surface area contributed by atoms with E-state index in [4.69, 9.17) is 14.2 Å². The summed E-state index contributed by atoms with van der Waals surface area (Å²) in [7, 11) is 0. The molecule has 0 saturated carbocycles. The lowest BCUT2D eigenvalue weighted by Gasteiger charge is -2.36. The van der Waals surface area contributed by atoms with Gasteiger partial charge in [-0.15, -0.1) is 0 Å². The maximum Gasteiger partial charge on any atom is 0.321 e. The van der Waals surface area contributed by atoms with Gasteiger partial charge in [-0.1, -0.05) is 0 Å². The maximum atomic E-state index is 12.5. The highest BCUT2D eigenvalue weighted by molar-refractivity contribution is 5.89. The minimum absolute atomic E-state index is 0.0560. The van der Waals surface area contributed by atoms with Crippen LogP contribution in [0.5, 0.6) is 11.5 Å². The van der Waals surface area contributed by atoms with E-state index >= 15 is 0 Å². The van der Waals surface area contributed by atoms with E-state index in [-0.39, 0.29) is 6.03 Å². The van der Waals surface area contributed by atoms with Crippen molar-refractivity contribution in [2.75, 3.05) is 84.1 Å². The highest BCUT2D eigenvalue weighted by atomic mass is 16.6. The number of nitrogens with zero attached hydrogens (tertiary/aromatic N) is 3. The number of benzene rings is 1. The Kier molecular flexibility index (Phi) is 5.96. The smallest absolute Gasteiger partial charge is 0.321 e. The lowest BCUT2D eigenvalue weighted by molar-refractivity contribution is 0.0311. The van der Waals surface area contributed by atoms with Crippen molar-refractivity contribution in [2.45, 2.75) is 0 Å². The molecule has 1 N–H and O–H groups in total. The first-order valence-corrected chi connectivity index (χ1v) is 9.76. The predicted octanol–water partition coefficient (Wildman–Crippen LogP) is 0.939. The van der Waals surface area contributed by atoms with Crippen LogP contribution in [0.3, 0.4) is 0 Å². The molecule has 1 aromatic rings. The summed E-state index contributed by atoms with van der Waals surface area (Å²) in [4.78, 5) is 19.3. The van der Waals surface area contributed by atoms with Gasteiger partial charge in [-0.05, 0) is 12.1 Å². The average molecular weight is 376 g/mol. The Morgan fingerprint density at radius 1 is 0.852 bits per heavy atom. The van der Waals surface area contributed by atoms with E-state index in [0.717, 1.165) is 77.0 Å². The van der Waals surface area contributed by atoms with E-state index in [0.29, 0.717) is 19.0 Å². The van der Waals surface area contributed by atoms with E-state index in [2.05, 4.69) is 15.1 Å². The molecule has 1 aromatic carbocycles. The molecule has 2 fully saturated rings. The van der Waals surface area contributed by atoms with E-state index in [1.165, 1.54) is 0 Å². The third-order valence-electron chi connectivity index (χ3n) is 5.29. The maximum absolute atomic E-state index is 12.5. The lowest BCUT2D eigenvalue weighted by atomic mass is 10.2. The number of hydrogen-bond donors (Lipinski definition) is 1. The van der Waals surface area contributed by atoms with Crippen molar-refractivity contribution >= 4 is 11.7 Å². The first kappa shape index (κ1) is 18.3. The largest absolute Gasteiger partial charge is 0.486 e. The highest BCUT2D eigenvalue weighted by Gasteiger charge is 2.22. The van der Waals surface area contributed by atoms with Crippen molar-refractivity contribution in [2.24, 2.45) is 0 Å². The van der Waals surface area contributed by atoms with Crippen molar-refractivity contribution < 1.29 is 19.0 Å². The Labute approximate surface area is 159 Å². The molecule has 148 valence electrons. The van der Waals surface area contributed by atoms with Gasteiger partial charge in [-0.25, -0.2) is 4.79 Å². The molecule has 0 spiro atoms. The van der Waals surface area contributed by atoms with Crippen molar-refractivity contribution in [3.63, 3.8) is 0 Å². The Bertz CT molecular complexity index is 643. The van der Waals surface area contributed by atoms with Gasteiger partial charge in [0.2, 0.25) is 0 Å². The molecule has 3 aliphatic heterocycles. The second kappa shape index (κ2) is 8.77. The molecule has 2 amide bonds. The van der Waals surface area contributed by atoms with Crippen LogP contribution in [0.15, 0.2) is 18.2 Å². The molecule has 0 aromatic heterocycles. The summed E-state index contributed by atoms with van der Waals surface area (Å²) < 4.78 is 16.5. The van der Waals surface area contributed by atoms with Crippen LogP contribution in [0.4, 0.5) is 10.5 Å². The summed E-state index contributed by atoms with van der Waals surface area (Å²) >= 11 is 0. The van der Waals surface area contributed by atoms with Crippen LogP contribution < -0.4 is 14.8 Å². The van der Waals surface area contributed by atoms with Gasteiger partial charge in [-0.2, -0.15) is 0 Å². The van der Waals surface area contributed by atoms with Crippen LogP contribution in [0.25, 0.3) is 0 Å². The van der Waals surface area contributed by atoms with Crippen molar-refractivity contribution in [1.82, 2.24) is 14.7 Å². The Morgan fingerprint density at radius 3 is 2.26 bits per heavy atom. The Balaban J connectivity index is 1.21. The van der Waals surface area contributed by atoms with Crippen molar-refractivity contribution in [3.05, 3.63) is 18.2 Å². The summed E-state index contributed by atoms with van der Waals surface area (Å²) in [5.74, 6) is 1.42. The normalized spacial score (nSPS) is 21.1. The molecule has 2 saturated heterocycles. The zero-order chi connectivity index (χ0) is 18.5. The van der Waals surface area contributed by atoms with Gasteiger partial charge in [0.25, 0.3) is 0 Å². The van der Waals surface area contributed by atoms with Crippen LogP contribution in [-0.4, -0.2) is 99.5 Å². The lowest BCUT2D eigenvalue weighted by Crippen LogP contribution is -2.51.